The first-order chi connectivity index (χ1) is 14.0. The molecule has 1 aliphatic rings. The largest absolute Gasteiger partial charge is 0.497 e. The molecule has 7 heteroatoms. The Hall–Kier alpha value is -2.28. The summed E-state index contributed by atoms with van der Waals surface area (Å²) >= 11 is 5.97. The molecule has 1 fully saturated rings. The van der Waals surface area contributed by atoms with Gasteiger partial charge in [0.15, 0.2) is 0 Å². The third-order valence-corrected chi connectivity index (χ3v) is 5.29. The molecule has 2 aromatic rings. The van der Waals surface area contributed by atoms with Crippen molar-refractivity contribution in [1.82, 2.24) is 10.2 Å². The van der Waals surface area contributed by atoms with Crippen LogP contribution in [-0.2, 0) is 9.53 Å². The van der Waals surface area contributed by atoms with Gasteiger partial charge in [0.1, 0.15) is 11.5 Å². The number of ether oxygens (including phenoxy) is 3. The maximum Gasteiger partial charge on any atom is 0.234 e. The standard InChI is InChI=1S/C22H27ClN2O4/c1-15(19-12-18(27-2)8-9-20(19)28-3)24-22(26)14-25-10-11-29-21(13-25)16-4-6-17(23)7-5-16/h4-9,12,15,21H,10-11,13-14H2,1-3H3,(H,24,26). The van der Waals surface area contributed by atoms with E-state index < -0.39 is 0 Å². The highest BCUT2D eigenvalue weighted by Gasteiger charge is 2.24. The SMILES string of the molecule is COc1ccc(OC)c(C(C)NC(=O)CN2CCOC(c3ccc(Cl)cc3)C2)c1. The summed E-state index contributed by atoms with van der Waals surface area (Å²) in [4.78, 5) is 14.8. The molecule has 29 heavy (non-hydrogen) atoms. The fourth-order valence-corrected chi connectivity index (χ4v) is 3.60. The van der Waals surface area contributed by atoms with Gasteiger partial charge in [-0.3, -0.25) is 9.69 Å². The molecule has 6 nitrogen and oxygen atoms in total. The lowest BCUT2D eigenvalue weighted by atomic mass is 10.1. The Morgan fingerprint density at radius 1 is 1.24 bits per heavy atom. The maximum atomic E-state index is 12.7. The Labute approximate surface area is 176 Å². The third-order valence-electron chi connectivity index (χ3n) is 5.04. The molecular weight excluding hydrogens is 392 g/mol. The number of carbonyl (C=O) groups excluding carboxylic acids is 1. The van der Waals surface area contributed by atoms with Crippen LogP contribution in [0.2, 0.25) is 5.02 Å². The van der Waals surface area contributed by atoms with Crippen molar-refractivity contribution in [2.45, 2.75) is 19.1 Å². The Balaban J connectivity index is 1.59. The molecule has 2 unspecified atom stereocenters. The molecule has 3 rings (SSSR count). The van der Waals surface area contributed by atoms with E-state index >= 15 is 0 Å². The molecule has 1 amide bonds. The van der Waals surface area contributed by atoms with E-state index in [0.29, 0.717) is 37.0 Å². The fourth-order valence-electron chi connectivity index (χ4n) is 3.47. The summed E-state index contributed by atoms with van der Waals surface area (Å²) < 4.78 is 16.6. The molecule has 0 aromatic heterocycles. The molecule has 156 valence electrons. The number of hydrogen-bond acceptors (Lipinski definition) is 5. The zero-order chi connectivity index (χ0) is 20.8. The predicted octanol–water partition coefficient (Wildman–Crippen LogP) is 3.61. The Morgan fingerprint density at radius 2 is 2.00 bits per heavy atom. The zero-order valence-electron chi connectivity index (χ0n) is 17.0. The van der Waals surface area contributed by atoms with E-state index in [9.17, 15) is 4.79 Å². The van der Waals surface area contributed by atoms with E-state index in [2.05, 4.69) is 10.2 Å². The van der Waals surface area contributed by atoms with Gasteiger partial charge in [-0.25, -0.2) is 0 Å². The molecule has 1 N–H and O–H groups in total. The van der Waals surface area contributed by atoms with Gasteiger partial charge in [0.25, 0.3) is 0 Å². The number of morpholine rings is 1. The average molecular weight is 419 g/mol. The molecule has 2 atom stereocenters. The van der Waals surface area contributed by atoms with Crippen LogP contribution in [0.4, 0.5) is 0 Å². The smallest absolute Gasteiger partial charge is 0.234 e. The topological polar surface area (TPSA) is 60.0 Å². The number of nitrogens with zero attached hydrogens (tertiary/aromatic N) is 1. The van der Waals surface area contributed by atoms with Crippen molar-refractivity contribution < 1.29 is 19.0 Å². The van der Waals surface area contributed by atoms with Crippen LogP contribution in [0.3, 0.4) is 0 Å². The highest BCUT2D eigenvalue weighted by Crippen LogP contribution is 2.29. The van der Waals surface area contributed by atoms with E-state index in [-0.39, 0.29) is 18.1 Å². The lowest BCUT2D eigenvalue weighted by Gasteiger charge is -2.33. The van der Waals surface area contributed by atoms with Gasteiger partial charge < -0.3 is 19.5 Å². The monoisotopic (exact) mass is 418 g/mol. The van der Waals surface area contributed by atoms with E-state index in [1.807, 2.05) is 49.4 Å². The van der Waals surface area contributed by atoms with Crippen molar-refractivity contribution in [3.8, 4) is 11.5 Å². The Kier molecular flexibility index (Phi) is 7.36. The van der Waals surface area contributed by atoms with E-state index in [1.165, 1.54) is 0 Å². The highest BCUT2D eigenvalue weighted by atomic mass is 35.5. The number of halogens is 1. The van der Waals surface area contributed by atoms with Gasteiger partial charge in [0, 0.05) is 23.7 Å². The van der Waals surface area contributed by atoms with Crippen LogP contribution in [0.1, 0.15) is 30.2 Å². The van der Waals surface area contributed by atoms with Crippen LogP contribution < -0.4 is 14.8 Å². The van der Waals surface area contributed by atoms with Gasteiger partial charge in [-0.1, -0.05) is 23.7 Å². The van der Waals surface area contributed by atoms with Crippen molar-refractivity contribution >= 4 is 17.5 Å². The van der Waals surface area contributed by atoms with Crippen LogP contribution in [0.25, 0.3) is 0 Å². The first-order valence-corrected chi connectivity index (χ1v) is 9.98. The molecule has 1 heterocycles. The van der Waals surface area contributed by atoms with Gasteiger partial charge in [0.2, 0.25) is 5.91 Å². The second kappa shape index (κ2) is 9.96. The van der Waals surface area contributed by atoms with E-state index in [0.717, 1.165) is 16.9 Å². The number of amides is 1. The predicted molar refractivity (Wildman–Crippen MR) is 113 cm³/mol. The lowest BCUT2D eigenvalue weighted by Crippen LogP contribution is -2.44. The van der Waals surface area contributed by atoms with E-state index in [1.54, 1.807) is 14.2 Å². The minimum Gasteiger partial charge on any atom is -0.497 e. The second-order valence-corrected chi connectivity index (χ2v) is 7.48. The van der Waals surface area contributed by atoms with Crippen LogP contribution >= 0.6 is 11.6 Å². The molecule has 0 spiro atoms. The van der Waals surface area contributed by atoms with Gasteiger partial charge in [0.05, 0.1) is 39.5 Å². The summed E-state index contributed by atoms with van der Waals surface area (Å²) in [6.45, 7) is 4.20. The van der Waals surface area contributed by atoms with Crippen LogP contribution in [0.15, 0.2) is 42.5 Å². The zero-order valence-corrected chi connectivity index (χ0v) is 17.7. The molecule has 0 bridgehead atoms. The number of nitrogens with one attached hydrogen (secondary N) is 1. The van der Waals surface area contributed by atoms with E-state index in [4.69, 9.17) is 25.8 Å². The van der Waals surface area contributed by atoms with Gasteiger partial charge in [-0.15, -0.1) is 0 Å². The number of hydrogen-bond donors (Lipinski definition) is 1. The number of methoxy groups -OCH3 is 2. The molecule has 2 aromatic carbocycles. The fraction of sp³-hybridized carbons (Fsp3) is 0.409. The van der Waals surface area contributed by atoms with Crippen molar-refractivity contribution in [2.75, 3.05) is 40.5 Å². The van der Waals surface area contributed by atoms with Crippen LogP contribution in [-0.4, -0.2) is 51.3 Å². The molecule has 0 radical (unpaired) electrons. The summed E-state index contributed by atoms with van der Waals surface area (Å²) in [6.07, 6.45) is -0.0651. The summed E-state index contributed by atoms with van der Waals surface area (Å²) in [7, 11) is 3.23. The first kappa shape index (κ1) is 21.4. The molecule has 0 aliphatic carbocycles. The number of carbonyl (C=O) groups is 1. The van der Waals surface area contributed by atoms with Crippen LogP contribution in [0, 0.1) is 0 Å². The van der Waals surface area contributed by atoms with Gasteiger partial charge in [-0.05, 0) is 42.8 Å². The van der Waals surface area contributed by atoms with Crippen molar-refractivity contribution in [1.29, 1.82) is 0 Å². The van der Waals surface area contributed by atoms with Gasteiger partial charge in [-0.2, -0.15) is 0 Å². The number of benzene rings is 2. The molecular formula is C22H27ClN2O4. The normalized spacial score (nSPS) is 18.1. The average Bonchev–Trinajstić information content (AvgIpc) is 2.73. The summed E-state index contributed by atoms with van der Waals surface area (Å²) in [5.74, 6) is 1.40. The lowest BCUT2D eigenvalue weighted by molar-refractivity contribution is -0.125. The van der Waals surface area contributed by atoms with Crippen molar-refractivity contribution in [3.63, 3.8) is 0 Å². The second-order valence-electron chi connectivity index (χ2n) is 7.04. The molecule has 1 aliphatic heterocycles. The molecule has 0 saturated carbocycles. The Bertz CT molecular complexity index is 828. The van der Waals surface area contributed by atoms with Gasteiger partial charge >= 0.3 is 0 Å². The van der Waals surface area contributed by atoms with Crippen molar-refractivity contribution in [2.24, 2.45) is 0 Å². The quantitative estimate of drug-likeness (QED) is 0.744. The summed E-state index contributed by atoms with van der Waals surface area (Å²) in [5, 5.41) is 3.75. The minimum atomic E-state index is -0.208. The minimum absolute atomic E-state index is 0.0425. The Morgan fingerprint density at radius 3 is 2.69 bits per heavy atom. The third kappa shape index (κ3) is 5.63. The van der Waals surface area contributed by atoms with Crippen molar-refractivity contribution in [3.05, 3.63) is 58.6 Å². The van der Waals surface area contributed by atoms with Crippen LogP contribution in [0.5, 0.6) is 11.5 Å². The summed E-state index contributed by atoms with van der Waals surface area (Å²) in [5.41, 5.74) is 1.94. The highest BCUT2D eigenvalue weighted by molar-refractivity contribution is 6.30. The molecule has 1 saturated heterocycles. The first-order valence-electron chi connectivity index (χ1n) is 9.61. The number of rotatable bonds is 7. The summed E-state index contributed by atoms with van der Waals surface area (Å²) in [6, 6.07) is 13.0. The maximum absolute atomic E-state index is 12.7.